The quantitative estimate of drug-likeness (QED) is 0.360. The zero-order chi connectivity index (χ0) is 8.10. The second-order valence-corrected chi connectivity index (χ2v) is 2.11. The molecule has 3 nitrogen and oxygen atoms in total. The summed E-state index contributed by atoms with van der Waals surface area (Å²) in [6, 6.07) is 9.46. The number of benzene rings is 1. The normalized spacial score (nSPS) is 11.2. The molecule has 3 heteroatoms. The van der Waals surface area contributed by atoms with Gasteiger partial charge in [-0.2, -0.15) is 0 Å². The molecule has 0 amide bonds. The lowest BCUT2D eigenvalue weighted by Gasteiger charge is -1.90. The van der Waals surface area contributed by atoms with E-state index >= 15 is 0 Å². The fraction of sp³-hybridized carbons (Fsp3) is 0.125. The van der Waals surface area contributed by atoms with Crippen LogP contribution in [0.5, 0.6) is 0 Å². The predicted molar refractivity (Wildman–Crippen MR) is 44.4 cm³/mol. The molecule has 1 aromatic rings. The fourth-order valence-electron chi connectivity index (χ4n) is 0.714. The maximum Gasteiger partial charge on any atom is 0.147 e. The van der Waals surface area contributed by atoms with E-state index in [4.69, 9.17) is 5.53 Å². The van der Waals surface area contributed by atoms with Crippen molar-refractivity contribution in [1.82, 2.24) is 0 Å². The summed E-state index contributed by atoms with van der Waals surface area (Å²) in [6.45, 7) is 1.69. The van der Waals surface area contributed by atoms with Crippen LogP contribution >= 0.6 is 0 Å². The molecule has 0 aromatic heterocycles. The first kappa shape index (κ1) is 7.60. The Morgan fingerprint density at radius 3 is 2.45 bits per heavy atom. The summed E-state index contributed by atoms with van der Waals surface area (Å²) in [7, 11) is 0. The third-order valence-corrected chi connectivity index (χ3v) is 1.21. The monoisotopic (exact) mass is 147 g/mol. The Morgan fingerprint density at radius 2 is 1.91 bits per heavy atom. The summed E-state index contributed by atoms with van der Waals surface area (Å²) < 4.78 is 0. The summed E-state index contributed by atoms with van der Waals surface area (Å²) in [5.74, 6) is 0.469. The minimum absolute atomic E-state index is 0.469. The zero-order valence-electron chi connectivity index (χ0n) is 6.28. The Hall–Kier alpha value is -1.51. The van der Waals surface area contributed by atoms with E-state index in [1.807, 2.05) is 30.3 Å². The molecule has 0 fully saturated rings. The van der Waals surface area contributed by atoms with Crippen molar-refractivity contribution >= 4 is 11.5 Å². The molecular formula is C8H9N3. The van der Waals surface area contributed by atoms with Crippen molar-refractivity contribution in [2.45, 2.75) is 6.92 Å². The number of hydrogen-bond acceptors (Lipinski definition) is 2. The molecule has 1 rings (SSSR count). The van der Waals surface area contributed by atoms with Gasteiger partial charge >= 0.3 is 0 Å². The number of hydrogen-bond donors (Lipinski definition) is 1. The molecule has 0 saturated carbocycles. The predicted octanol–water partition coefficient (Wildman–Crippen LogP) is 2.77. The topological polar surface area (TPSA) is 48.6 Å². The van der Waals surface area contributed by atoms with E-state index in [9.17, 15) is 0 Å². The summed E-state index contributed by atoms with van der Waals surface area (Å²) in [6.07, 6.45) is 0. The van der Waals surface area contributed by atoms with E-state index in [1.54, 1.807) is 6.92 Å². The van der Waals surface area contributed by atoms with E-state index in [-0.39, 0.29) is 0 Å². The number of rotatable bonds is 1. The number of nitrogens with zero attached hydrogens (tertiary/aromatic N) is 2. The van der Waals surface area contributed by atoms with Gasteiger partial charge in [-0.25, -0.2) is 10.5 Å². The van der Waals surface area contributed by atoms with E-state index in [2.05, 4.69) is 10.1 Å². The van der Waals surface area contributed by atoms with E-state index < -0.39 is 0 Å². The molecule has 1 N–H and O–H groups in total. The minimum atomic E-state index is 0.469. The van der Waals surface area contributed by atoms with Gasteiger partial charge in [0.05, 0.1) is 5.69 Å². The number of amidine groups is 1. The Balaban J connectivity index is 2.87. The van der Waals surface area contributed by atoms with Crippen LogP contribution in [0.25, 0.3) is 0 Å². The molecule has 0 saturated heterocycles. The maximum absolute atomic E-state index is 6.65. The highest BCUT2D eigenvalue weighted by atomic mass is 15.0. The van der Waals surface area contributed by atoms with Gasteiger partial charge in [0.2, 0.25) is 0 Å². The Kier molecular flexibility index (Phi) is 2.49. The first-order valence-electron chi connectivity index (χ1n) is 3.31. The third-order valence-electron chi connectivity index (χ3n) is 1.21. The lowest BCUT2D eigenvalue weighted by atomic mass is 10.3. The summed E-state index contributed by atoms with van der Waals surface area (Å²) in [5.41, 5.74) is 7.49. The SMILES string of the molecule is CC(N=N)=Nc1ccccc1. The lowest BCUT2D eigenvalue weighted by Crippen LogP contribution is -1.79. The molecule has 0 aliphatic rings. The van der Waals surface area contributed by atoms with Crippen molar-refractivity contribution in [2.24, 2.45) is 10.1 Å². The van der Waals surface area contributed by atoms with Gasteiger partial charge in [-0.1, -0.05) is 18.2 Å². The molecule has 0 aliphatic carbocycles. The zero-order valence-corrected chi connectivity index (χ0v) is 6.28. The molecule has 1 aromatic carbocycles. The summed E-state index contributed by atoms with van der Waals surface area (Å²) in [4.78, 5) is 4.04. The lowest BCUT2D eigenvalue weighted by molar-refractivity contribution is 1.17. The van der Waals surface area contributed by atoms with Crippen LogP contribution in [-0.4, -0.2) is 5.84 Å². The van der Waals surface area contributed by atoms with Crippen molar-refractivity contribution in [1.29, 1.82) is 5.53 Å². The van der Waals surface area contributed by atoms with Gasteiger partial charge in [0.15, 0.2) is 0 Å². The largest absolute Gasteiger partial charge is 0.232 e. The first-order chi connectivity index (χ1) is 5.33. The van der Waals surface area contributed by atoms with Crippen molar-refractivity contribution < 1.29 is 0 Å². The third kappa shape index (κ3) is 2.29. The van der Waals surface area contributed by atoms with Crippen LogP contribution in [0.15, 0.2) is 40.4 Å². The van der Waals surface area contributed by atoms with Crippen molar-refractivity contribution in [3.8, 4) is 0 Å². The van der Waals surface area contributed by atoms with Crippen LogP contribution in [-0.2, 0) is 0 Å². The maximum atomic E-state index is 6.65. The molecule has 0 radical (unpaired) electrons. The first-order valence-corrected chi connectivity index (χ1v) is 3.31. The van der Waals surface area contributed by atoms with Crippen LogP contribution in [0, 0.1) is 5.53 Å². The second-order valence-electron chi connectivity index (χ2n) is 2.11. The van der Waals surface area contributed by atoms with E-state index in [0.29, 0.717) is 5.84 Å². The van der Waals surface area contributed by atoms with Crippen molar-refractivity contribution in [3.05, 3.63) is 30.3 Å². The van der Waals surface area contributed by atoms with Crippen LogP contribution in [0.4, 0.5) is 5.69 Å². The van der Waals surface area contributed by atoms with Gasteiger partial charge in [0.25, 0.3) is 0 Å². The number of nitrogens with one attached hydrogen (secondary N) is 1. The Bertz CT molecular complexity index is 264. The van der Waals surface area contributed by atoms with Gasteiger partial charge in [0.1, 0.15) is 5.84 Å². The molecule has 0 heterocycles. The Morgan fingerprint density at radius 1 is 1.27 bits per heavy atom. The number of aliphatic imine (C=N–C) groups is 1. The van der Waals surface area contributed by atoms with Gasteiger partial charge < -0.3 is 0 Å². The Labute approximate surface area is 65.3 Å². The van der Waals surface area contributed by atoms with Gasteiger partial charge in [0, 0.05) is 0 Å². The highest BCUT2D eigenvalue weighted by Gasteiger charge is 1.86. The smallest absolute Gasteiger partial charge is 0.147 e. The average Bonchev–Trinajstić information content (AvgIpc) is 2.06. The molecule has 0 bridgehead atoms. The molecule has 0 spiro atoms. The standard InChI is InChI=1S/C8H9N3/c1-7(11-9)10-8-5-3-2-4-6-8/h2-6,9H,1H3. The summed E-state index contributed by atoms with van der Waals surface area (Å²) >= 11 is 0. The van der Waals surface area contributed by atoms with Crippen LogP contribution in [0.3, 0.4) is 0 Å². The van der Waals surface area contributed by atoms with Crippen LogP contribution < -0.4 is 0 Å². The van der Waals surface area contributed by atoms with Crippen molar-refractivity contribution in [3.63, 3.8) is 0 Å². The minimum Gasteiger partial charge on any atom is -0.232 e. The van der Waals surface area contributed by atoms with Gasteiger partial charge in [-0.05, 0) is 19.1 Å². The molecule has 0 atom stereocenters. The highest BCUT2D eigenvalue weighted by Crippen LogP contribution is 2.09. The highest BCUT2D eigenvalue weighted by molar-refractivity contribution is 5.82. The van der Waals surface area contributed by atoms with Crippen LogP contribution in [0.2, 0.25) is 0 Å². The van der Waals surface area contributed by atoms with E-state index in [0.717, 1.165) is 5.69 Å². The van der Waals surface area contributed by atoms with E-state index in [1.165, 1.54) is 0 Å². The van der Waals surface area contributed by atoms with Gasteiger partial charge in [-0.15, -0.1) is 5.11 Å². The molecule has 56 valence electrons. The van der Waals surface area contributed by atoms with Gasteiger partial charge in [-0.3, -0.25) is 0 Å². The van der Waals surface area contributed by atoms with Crippen molar-refractivity contribution in [2.75, 3.05) is 0 Å². The average molecular weight is 147 g/mol. The molecule has 11 heavy (non-hydrogen) atoms. The van der Waals surface area contributed by atoms with Crippen LogP contribution in [0.1, 0.15) is 6.92 Å². The summed E-state index contributed by atoms with van der Waals surface area (Å²) in [5, 5.41) is 3.18. The molecule has 0 aliphatic heterocycles. The second kappa shape index (κ2) is 3.61. The number of para-hydroxylation sites is 1. The fourth-order valence-corrected chi connectivity index (χ4v) is 0.714. The molecular weight excluding hydrogens is 138 g/mol. The molecule has 0 unspecified atom stereocenters.